The van der Waals surface area contributed by atoms with Crippen molar-refractivity contribution < 1.29 is 4.42 Å². The minimum atomic E-state index is 0.676. The number of benzene rings is 1. The molecule has 0 saturated carbocycles. The quantitative estimate of drug-likeness (QED) is 0.490. The lowest BCUT2D eigenvalue weighted by molar-refractivity contribution is 0.534. The van der Waals surface area contributed by atoms with Gasteiger partial charge in [-0.05, 0) is 41.8 Å². The van der Waals surface area contributed by atoms with Gasteiger partial charge in [0.2, 0.25) is 0 Å². The average Bonchev–Trinajstić information content (AvgIpc) is 3.38. The van der Waals surface area contributed by atoms with Crippen LogP contribution in [0.2, 0.25) is 0 Å². The molecule has 0 N–H and O–H groups in total. The molecule has 0 radical (unpaired) electrons. The molecule has 132 valence electrons. The number of aromatic nitrogens is 5. The van der Waals surface area contributed by atoms with E-state index < -0.39 is 0 Å². The topological polar surface area (TPSA) is 69.6 Å². The molecule has 0 amide bonds. The summed E-state index contributed by atoms with van der Waals surface area (Å²) in [5.41, 5.74) is 2.13. The molecule has 1 aromatic carbocycles. The van der Waals surface area contributed by atoms with E-state index in [0.717, 1.165) is 38.9 Å². The Balaban J connectivity index is 1.73. The first-order valence-electron chi connectivity index (χ1n) is 8.26. The van der Waals surface area contributed by atoms with Gasteiger partial charge in [-0.1, -0.05) is 37.3 Å². The highest BCUT2D eigenvalue weighted by Crippen LogP contribution is 2.32. The van der Waals surface area contributed by atoms with E-state index in [-0.39, 0.29) is 0 Å². The molecule has 0 aliphatic heterocycles. The summed E-state index contributed by atoms with van der Waals surface area (Å²) in [7, 11) is 0. The molecule has 0 aliphatic carbocycles. The van der Waals surface area contributed by atoms with Crippen LogP contribution in [0.5, 0.6) is 0 Å². The lowest BCUT2D eigenvalue weighted by Gasteiger charge is -2.09. The highest BCUT2D eigenvalue weighted by Gasteiger charge is 2.19. The third-order valence-electron chi connectivity index (χ3n) is 3.94. The normalized spacial score (nSPS) is 11.2. The molecule has 0 bridgehead atoms. The Bertz CT molecular complexity index is 1010. The van der Waals surface area contributed by atoms with Crippen LogP contribution >= 0.6 is 23.3 Å². The molecule has 0 aliphatic rings. The lowest BCUT2D eigenvalue weighted by atomic mass is 10.2. The van der Waals surface area contributed by atoms with Crippen molar-refractivity contribution >= 4 is 23.3 Å². The molecule has 0 saturated heterocycles. The lowest BCUT2D eigenvalue weighted by Crippen LogP contribution is -2.04. The number of hydrogen-bond acceptors (Lipinski definition) is 7. The van der Waals surface area contributed by atoms with E-state index in [4.69, 9.17) is 4.42 Å². The van der Waals surface area contributed by atoms with Gasteiger partial charge in [0.25, 0.3) is 0 Å². The zero-order valence-corrected chi connectivity index (χ0v) is 16.0. The van der Waals surface area contributed by atoms with Crippen LogP contribution < -0.4 is 0 Å². The fourth-order valence-electron chi connectivity index (χ4n) is 2.59. The molecule has 0 spiro atoms. The monoisotopic (exact) mass is 383 g/mol. The summed E-state index contributed by atoms with van der Waals surface area (Å²) in [6.45, 7) is 4.66. The van der Waals surface area contributed by atoms with E-state index in [0.29, 0.717) is 6.54 Å². The van der Waals surface area contributed by atoms with E-state index in [2.05, 4.69) is 36.3 Å². The minimum absolute atomic E-state index is 0.676. The highest BCUT2D eigenvalue weighted by atomic mass is 32.2. The molecule has 0 fully saturated rings. The van der Waals surface area contributed by atoms with Crippen molar-refractivity contribution in [2.45, 2.75) is 36.3 Å². The highest BCUT2D eigenvalue weighted by molar-refractivity contribution is 8.00. The molecular formula is C18H17N5OS2. The molecule has 3 heterocycles. The van der Waals surface area contributed by atoms with Crippen LogP contribution in [0.4, 0.5) is 0 Å². The summed E-state index contributed by atoms with van der Waals surface area (Å²) in [5, 5.41) is 9.63. The first kappa shape index (κ1) is 17.0. The van der Waals surface area contributed by atoms with Crippen molar-refractivity contribution in [2.75, 3.05) is 0 Å². The van der Waals surface area contributed by atoms with Gasteiger partial charge in [0.1, 0.15) is 11.6 Å². The smallest absolute Gasteiger partial charge is 0.198 e. The van der Waals surface area contributed by atoms with E-state index in [1.54, 1.807) is 6.26 Å². The SMILES string of the molecule is CCc1nsc(Sc2nnc(-c3ccoc3C)n2Cc2ccccc2)n1. The van der Waals surface area contributed by atoms with E-state index in [1.165, 1.54) is 28.9 Å². The Morgan fingerprint density at radius 2 is 2.00 bits per heavy atom. The largest absolute Gasteiger partial charge is 0.469 e. The van der Waals surface area contributed by atoms with Crippen molar-refractivity contribution in [1.82, 2.24) is 24.1 Å². The van der Waals surface area contributed by atoms with Crippen LogP contribution in [-0.4, -0.2) is 24.1 Å². The fraction of sp³-hybridized carbons (Fsp3) is 0.222. The second kappa shape index (κ2) is 7.43. The third-order valence-corrected chi connectivity index (χ3v) is 5.72. The van der Waals surface area contributed by atoms with Gasteiger partial charge in [-0.15, -0.1) is 10.2 Å². The average molecular weight is 384 g/mol. The molecule has 4 aromatic rings. The predicted molar refractivity (Wildman–Crippen MR) is 101 cm³/mol. The molecule has 4 rings (SSSR count). The molecule has 26 heavy (non-hydrogen) atoms. The van der Waals surface area contributed by atoms with E-state index in [1.807, 2.05) is 38.1 Å². The van der Waals surface area contributed by atoms with Crippen molar-refractivity contribution in [3.8, 4) is 11.4 Å². The summed E-state index contributed by atoms with van der Waals surface area (Å²) < 4.78 is 12.8. The Morgan fingerprint density at radius 1 is 1.15 bits per heavy atom. The second-order valence-corrected chi connectivity index (χ2v) is 7.67. The minimum Gasteiger partial charge on any atom is -0.469 e. The Hall–Kier alpha value is -2.45. The molecule has 6 nitrogen and oxygen atoms in total. The van der Waals surface area contributed by atoms with Gasteiger partial charge in [-0.2, -0.15) is 4.37 Å². The summed E-state index contributed by atoms with van der Waals surface area (Å²) >= 11 is 2.89. The van der Waals surface area contributed by atoms with Crippen molar-refractivity contribution in [3.05, 3.63) is 59.8 Å². The van der Waals surface area contributed by atoms with Crippen LogP contribution in [0.15, 0.2) is 56.6 Å². The van der Waals surface area contributed by atoms with Crippen LogP contribution in [0.1, 0.15) is 24.1 Å². The van der Waals surface area contributed by atoms with Gasteiger partial charge in [0, 0.05) is 6.42 Å². The van der Waals surface area contributed by atoms with Crippen molar-refractivity contribution in [2.24, 2.45) is 0 Å². The fourth-order valence-corrected chi connectivity index (χ4v) is 4.22. The van der Waals surface area contributed by atoms with Gasteiger partial charge in [0.05, 0.1) is 18.4 Å². The summed E-state index contributed by atoms with van der Waals surface area (Å²) in [6, 6.07) is 12.2. The Morgan fingerprint density at radius 3 is 2.69 bits per heavy atom. The van der Waals surface area contributed by atoms with Crippen molar-refractivity contribution in [1.29, 1.82) is 0 Å². The Labute approximate surface area is 159 Å². The maximum absolute atomic E-state index is 5.46. The van der Waals surface area contributed by atoms with E-state index in [9.17, 15) is 0 Å². The van der Waals surface area contributed by atoms with Crippen LogP contribution in [0.25, 0.3) is 11.4 Å². The predicted octanol–water partition coefficient (Wildman–Crippen LogP) is 4.46. The molecular weight excluding hydrogens is 366 g/mol. The number of aryl methyl sites for hydroxylation is 2. The number of nitrogens with zero attached hydrogens (tertiary/aromatic N) is 5. The van der Waals surface area contributed by atoms with Crippen LogP contribution in [0.3, 0.4) is 0 Å². The number of furan rings is 1. The molecule has 0 atom stereocenters. The van der Waals surface area contributed by atoms with Gasteiger partial charge in [0.15, 0.2) is 15.3 Å². The zero-order valence-electron chi connectivity index (χ0n) is 14.4. The van der Waals surface area contributed by atoms with Gasteiger partial charge in [-0.25, -0.2) is 4.98 Å². The van der Waals surface area contributed by atoms with E-state index >= 15 is 0 Å². The van der Waals surface area contributed by atoms with Gasteiger partial charge < -0.3 is 4.42 Å². The van der Waals surface area contributed by atoms with Crippen LogP contribution in [0, 0.1) is 6.92 Å². The number of rotatable bonds is 6. The maximum atomic E-state index is 5.46. The molecule has 0 unspecified atom stereocenters. The molecule has 3 aromatic heterocycles. The van der Waals surface area contributed by atoms with Gasteiger partial charge in [-0.3, -0.25) is 4.57 Å². The van der Waals surface area contributed by atoms with Crippen molar-refractivity contribution in [3.63, 3.8) is 0 Å². The maximum Gasteiger partial charge on any atom is 0.198 e. The second-order valence-electron chi connectivity index (χ2n) is 5.70. The summed E-state index contributed by atoms with van der Waals surface area (Å²) in [4.78, 5) is 4.53. The summed E-state index contributed by atoms with van der Waals surface area (Å²) in [6.07, 6.45) is 2.50. The van der Waals surface area contributed by atoms with Gasteiger partial charge >= 0.3 is 0 Å². The zero-order chi connectivity index (χ0) is 17.9. The molecule has 8 heteroatoms. The first-order valence-corrected chi connectivity index (χ1v) is 9.85. The third kappa shape index (κ3) is 3.42. The Kier molecular flexibility index (Phi) is 4.85. The number of hydrogen-bond donors (Lipinski definition) is 0. The first-order chi connectivity index (χ1) is 12.7. The standard InChI is InChI=1S/C18H17N5OS2/c1-3-15-19-18(26-22-15)25-17-21-20-16(14-9-10-24-12(14)2)23(17)11-13-7-5-4-6-8-13/h4-10H,3,11H2,1-2H3. The van der Waals surface area contributed by atoms with Crippen LogP contribution in [-0.2, 0) is 13.0 Å². The summed E-state index contributed by atoms with van der Waals surface area (Å²) in [5.74, 6) is 2.48.